The molecule has 1 aromatic carbocycles. The van der Waals surface area contributed by atoms with E-state index in [0.717, 1.165) is 16.5 Å². The van der Waals surface area contributed by atoms with Gasteiger partial charge in [-0.15, -0.1) is 0 Å². The molecular weight excluding hydrogens is 308 g/mol. The predicted molar refractivity (Wildman–Crippen MR) is 76.4 cm³/mol. The van der Waals surface area contributed by atoms with Gasteiger partial charge in [-0.25, -0.2) is 0 Å². The van der Waals surface area contributed by atoms with Gasteiger partial charge in [0.2, 0.25) is 11.8 Å². The number of halogens is 1. The molecule has 1 heterocycles. The monoisotopic (exact) mass is 324 g/mol. The highest BCUT2D eigenvalue weighted by atomic mass is 79.9. The Labute approximate surface area is 121 Å². The molecule has 2 rings (SSSR count). The highest BCUT2D eigenvalue weighted by molar-refractivity contribution is 9.10. The van der Waals surface area contributed by atoms with Crippen molar-refractivity contribution in [2.45, 2.75) is 25.8 Å². The summed E-state index contributed by atoms with van der Waals surface area (Å²) >= 11 is 3.39. The van der Waals surface area contributed by atoms with Crippen LogP contribution in [0.1, 0.15) is 31.4 Å². The third-order valence-corrected chi connectivity index (χ3v) is 3.87. The van der Waals surface area contributed by atoms with Crippen LogP contribution < -0.4 is 10.6 Å². The molecule has 1 aromatic rings. The fourth-order valence-electron chi connectivity index (χ4n) is 2.20. The highest BCUT2D eigenvalue weighted by Gasteiger charge is 2.29. The Morgan fingerprint density at radius 1 is 1.47 bits per heavy atom. The second-order valence-corrected chi connectivity index (χ2v) is 5.64. The van der Waals surface area contributed by atoms with Gasteiger partial charge in [-0.3, -0.25) is 9.59 Å². The van der Waals surface area contributed by atoms with E-state index in [2.05, 4.69) is 26.6 Å². The maximum absolute atomic E-state index is 12.1. The maximum atomic E-state index is 12.1. The van der Waals surface area contributed by atoms with Gasteiger partial charge in [-0.2, -0.15) is 0 Å². The lowest BCUT2D eigenvalue weighted by molar-refractivity contribution is -0.127. The van der Waals surface area contributed by atoms with Crippen molar-refractivity contribution >= 4 is 27.7 Å². The summed E-state index contributed by atoms with van der Waals surface area (Å²) in [5.41, 5.74) is 1.08. The average Bonchev–Trinajstić information content (AvgIpc) is 2.84. The number of hydrogen-bond donors (Lipinski definition) is 2. The van der Waals surface area contributed by atoms with E-state index in [9.17, 15) is 9.59 Å². The summed E-state index contributed by atoms with van der Waals surface area (Å²) in [5, 5.41) is 5.70. The number of hydrogen-bond acceptors (Lipinski definition) is 2. The molecule has 1 aliphatic rings. The van der Waals surface area contributed by atoms with E-state index in [1.165, 1.54) is 0 Å². The van der Waals surface area contributed by atoms with Gasteiger partial charge in [0.05, 0.1) is 12.0 Å². The van der Waals surface area contributed by atoms with Crippen LogP contribution in [0.15, 0.2) is 28.7 Å². The first kappa shape index (κ1) is 14.1. The van der Waals surface area contributed by atoms with Gasteiger partial charge in [0.25, 0.3) is 0 Å². The van der Waals surface area contributed by atoms with Gasteiger partial charge in [-0.05, 0) is 24.1 Å². The van der Waals surface area contributed by atoms with Crippen molar-refractivity contribution in [3.05, 3.63) is 34.3 Å². The first-order valence-corrected chi connectivity index (χ1v) is 7.22. The summed E-state index contributed by atoms with van der Waals surface area (Å²) in [6, 6.07) is 7.92. The third kappa shape index (κ3) is 3.56. The quantitative estimate of drug-likeness (QED) is 0.891. The lowest BCUT2D eigenvalue weighted by Crippen LogP contribution is -2.34. The number of benzene rings is 1. The Morgan fingerprint density at radius 2 is 2.16 bits per heavy atom. The zero-order chi connectivity index (χ0) is 13.8. The van der Waals surface area contributed by atoms with Crippen LogP contribution in [-0.4, -0.2) is 18.4 Å². The zero-order valence-corrected chi connectivity index (χ0v) is 12.4. The fourth-order valence-corrected chi connectivity index (χ4v) is 2.46. The smallest absolute Gasteiger partial charge is 0.225 e. The summed E-state index contributed by atoms with van der Waals surface area (Å²) in [5.74, 6) is -0.332. The molecule has 0 bridgehead atoms. The molecule has 0 spiro atoms. The summed E-state index contributed by atoms with van der Waals surface area (Å²) in [6.45, 7) is 2.48. The van der Waals surface area contributed by atoms with Gasteiger partial charge >= 0.3 is 0 Å². The Balaban J connectivity index is 2.00. The molecule has 102 valence electrons. The lowest BCUT2D eigenvalue weighted by Gasteiger charge is -2.19. The van der Waals surface area contributed by atoms with E-state index in [-0.39, 0.29) is 23.8 Å². The fraction of sp³-hybridized carbons (Fsp3) is 0.429. The maximum Gasteiger partial charge on any atom is 0.225 e. The second-order valence-electron chi connectivity index (χ2n) is 4.73. The molecule has 1 aliphatic heterocycles. The molecule has 1 fully saturated rings. The summed E-state index contributed by atoms with van der Waals surface area (Å²) in [6.07, 6.45) is 1.12. The molecule has 2 unspecified atom stereocenters. The molecule has 2 N–H and O–H groups in total. The first-order valence-electron chi connectivity index (χ1n) is 6.42. The number of nitrogens with one attached hydrogen (secondary N) is 2. The molecule has 2 atom stereocenters. The van der Waals surface area contributed by atoms with Crippen molar-refractivity contribution in [2.75, 3.05) is 6.54 Å². The van der Waals surface area contributed by atoms with Crippen molar-refractivity contribution in [2.24, 2.45) is 5.92 Å². The molecule has 0 aromatic heterocycles. The summed E-state index contributed by atoms with van der Waals surface area (Å²) in [4.78, 5) is 23.2. The molecule has 1 saturated heterocycles. The topological polar surface area (TPSA) is 58.2 Å². The molecule has 2 amide bonds. The van der Waals surface area contributed by atoms with Gasteiger partial charge in [0.1, 0.15) is 0 Å². The minimum Gasteiger partial charge on any atom is -0.355 e. The molecule has 4 nitrogen and oxygen atoms in total. The van der Waals surface area contributed by atoms with Crippen molar-refractivity contribution in [3.8, 4) is 0 Å². The van der Waals surface area contributed by atoms with Gasteiger partial charge in [0.15, 0.2) is 0 Å². The van der Waals surface area contributed by atoms with Crippen LogP contribution in [-0.2, 0) is 9.59 Å². The molecule has 0 saturated carbocycles. The summed E-state index contributed by atoms with van der Waals surface area (Å²) in [7, 11) is 0. The molecule has 0 aliphatic carbocycles. The number of amides is 2. The Hall–Kier alpha value is -1.36. The second kappa shape index (κ2) is 6.19. The van der Waals surface area contributed by atoms with E-state index in [0.29, 0.717) is 13.0 Å². The van der Waals surface area contributed by atoms with Crippen LogP contribution in [0.4, 0.5) is 0 Å². The average molecular weight is 325 g/mol. The Bertz CT molecular complexity index is 473. The SMILES string of the molecule is CCC(NC(=O)C1CNC(=O)C1)c1ccc(Br)cc1. The summed E-state index contributed by atoms with van der Waals surface area (Å²) < 4.78 is 1.02. The molecule has 0 radical (unpaired) electrons. The van der Waals surface area contributed by atoms with E-state index in [1.807, 2.05) is 31.2 Å². The van der Waals surface area contributed by atoms with E-state index < -0.39 is 0 Å². The van der Waals surface area contributed by atoms with Crippen molar-refractivity contribution in [1.82, 2.24) is 10.6 Å². The normalized spacial score (nSPS) is 19.9. The third-order valence-electron chi connectivity index (χ3n) is 3.35. The van der Waals surface area contributed by atoms with Crippen LogP contribution >= 0.6 is 15.9 Å². The van der Waals surface area contributed by atoms with Crippen molar-refractivity contribution in [3.63, 3.8) is 0 Å². The van der Waals surface area contributed by atoms with Crippen molar-refractivity contribution in [1.29, 1.82) is 0 Å². The minimum absolute atomic E-state index is 0.00342. The first-order chi connectivity index (χ1) is 9.10. The van der Waals surface area contributed by atoms with Crippen LogP contribution in [0.3, 0.4) is 0 Å². The number of rotatable bonds is 4. The van der Waals surface area contributed by atoms with E-state index in [1.54, 1.807) is 0 Å². The van der Waals surface area contributed by atoms with Gasteiger partial charge in [0, 0.05) is 17.4 Å². The van der Waals surface area contributed by atoms with E-state index in [4.69, 9.17) is 0 Å². The van der Waals surface area contributed by atoms with Crippen LogP contribution in [0.25, 0.3) is 0 Å². The standard InChI is InChI=1S/C14H17BrN2O2/c1-2-12(9-3-5-11(15)6-4-9)17-14(19)10-7-13(18)16-8-10/h3-6,10,12H,2,7-8H2,1H3,(H,16,18)(H,17,19). The number of carbonyl (C=O) groups excluding carboxylic acids is 2. The molecular formula is C14H17BrN2O2. The molecule has 19 heavy (non-hydrogen) atoms. The Kier molecular flexibility index (Phi) is 4.58. The Morgan fingerprint density at radius 3 is 2.68 bits per heavy atom. The minimum atomic E-state index is -0.239. The van der Waals surface area contributed by atoms with Crippen molar-refractivity contribution < 1.29 is 9.59 Å². The molecule has 5 heteroatoms. The van der Waals surface area contributed by atoms with Gasteiger partial charge < -0.3 is 10.6 Å². The largest absolute Gasteiger partial charge is 0.355 e. The van der Waals surface area contributed by atoms with Gasteiger partial charge in [-0.1, -0.05) is 35.0 Å². The lowest BCUT2D eigenvalue weighted by atomic mass is 10.0. The van der Waals surface area contributed by atoms with Crippen LogP contribution in [0.2, 0.25) is 0 Å². The van der Waals surface area contributed by atoms with E-state index >= 15 is 0 Å². The highest BCUT2D eigenvalue weighted by Crippen LogP contribution is 2.20. The van der Waals surface area contributed by atoms with Crippen LogP contribution in [0.5, 0.6) is 0 Å². The number of carbonyl (C=O) groups is 2. The van der Waals surface area contributed by atoms with Crippen LogP contribution in [0, 0.1) is 5.92 Å². The predicted octanol–water partition coefficient (Wildman–Crippen LogP) is 2.15. The zero-order valence-electron chi connectivity index (χ0n) is 10.8.